The highest BCUT2D eigenvalue weighted by Gasteiger charge is 1.98. The third-order valence-corrected chi connectivity index (χ3v) is 2.17. The Bertz CT molecular complexity index is 512. The second-order valence-corrected chi connectivity index (χ2v) is 3.58. The Kier molecular flexibility index (Phi) is 3.40. The van der Waals surface area contributed by atoms with E-state index in [1.54, 1.807) is 18.6 Å². The lowest BCUT2D eigenvalue weighted by atomic mass is 10.3. The van der Waals surface area contributed by atoms with Gasteiger partial charge in [0.05, 0.1) is 18.6 Å². The standard InChI is InChI=1S/C12H13N3O2/c1-9-2-3-11(17-9)4-5-12(16)14-7-10-6-13-8-15-10/h2-6,8H,7H2,1H3,(H,13,15)(H,14,16). The van der Waals surface area contributed by atoms with E-state index in [-0.39, 0.29) is 5.91 Å². The molecule has 0 aliphatic heterocycles. The van der Waals surface area contributed by atoms with E-state index < -0.39 is 0 Å². The Morgan fingerprint density at radius 1 is 1.59 bits per heavy atom. The molecule has 0 aliphatic carbocycles. The third-order valence-electron chi connectivity index (χ3n) is 2.17. The molecule has 0 bridgehead atoms. The van der Waals surface area contributed by atoms with E-state index >= 15 is 0 Å². The SMILES string of the molecule is Cc1ccc(C=CC(=O)NCc2cnc[nH]2)o1. The van der Waals surface area contributed by atoms with Crippen LogP contribution in [0.2, 0.25) is 0 Å². The molecule has 0 saturated heterocycles. The van der Waals surface area contributed by atoms with Gasteiger partial charge in [0.2, 0.25) is 5.91 Å². The maximum Gasteiger partial charge on any atom is 0.244 e. The summed E-state index contributed by atoms with van der Waals surface area (Å²) in [5, 5.41) is 2.72. The van der Waals surface area contributed by atoms with Gasteiger partial charge in [0.25, 0.3) is 0 Å². The molecule has 88 valence electrons. The largest absolute Gasteiger partial charge is 0.462 e. The number of rotatable bonds is 4. The van der Waals surface area contributed by atoms with Crippen molar-refractivity contribution in [1.29, 1.82) is 0 Å². The van der Waals surface area contributed by atoms with Gasteiger partial charge >= 0.3 is 0 Å². The Balaban J connectivity index is 1.83. The van der Waals surface area contributed by atoms with Gasteiger partial charge in [-0.1, -0.05) is 0 Å². The summed E-state index contributed by atoms with van der Waals surface area (Å²) in [6, 6.07) is 3.66. The van der Waals surface area contributed by atoms with Crippen molar-refractivity contribution in [1.82, 2.24) is 15.3 Å². The predicted molar refractivity (Wildman–Crippen MR) is 62.9 cm³/mol. The topological polar surface area (TPSA) is 70.9 Å². The van der Waals surface area contributed by atoms with Crippen LogP contribution in [0.4, 0.5) is 0 Å². The van der Waals surface area contributed by atoms with Gasteiger partial charge in [0.1, 0.15) is 11.5 Å². The van der Waals surface area contributed by atoms with Crippen LogP contribution in [0.5, 0.6) is 0 Å². The van der Waals surface area contributed by atoms with E-state index in [4.69, 9.17) is 4.42 Å². The van der Waals surface area contributed by atoms with E-state index in [9.17, 15) is 4.79 Å². The van der Waals surface area contributed by atoms with E-state index in [1.165, 1.54) is 6.08 Å². The van der Waals surface area contributed by atoms with Gasteiger partial charge < -0.3 is 14.7 Å². The number of carbonyl (C=O) groups excluding carboxylic acids is 1. The lowest BCUT2D eigenvalue weighted by Gasteiger charge is -1.98. The van der Waals surface area contributed by atoms with Gasteiger partial charge in [-0.05, 0) is 25.1 Å². The Morgan fingerprint density at radius 2 is 2.47 bits per heavy atom. The number of imidazole rings is 1. The first-order chi connectivity index (χ1) is 8.24. The molecule has 1 amide bonds. The molecule has 0 radical (unpaired) electrons. The average Bonchev–Trinajstić information content (AvgIpc) is 2.95. The second-order valence-electron chi connectivity index (χ2n) is 3.58. The molecule has 5 heteroatoms. The van der Waals surface area contributed by atoms with Crippen molar-refractivity contribution in [3.05, 3.63) is 47.9 Å². The number of carbonyl (C=O) groups is 1. The van der Waals surface area contributed by atoms with Crippen LogP contribution >= 0.6 is 0 Å². The summed E-state index contributed by atoms with van der Waals surface area (Å²) in [4.78, 5) is 18.2. The van der Waals surface area contributed by atoms with Gasteiger partial charge in [-0.25, -0.2) is 4.98 Å². The molecular weight excluding hydrogens is 218 g/mol. The van der Waals surface area contributed by atoms with Gasteiger partial charge in [-0.3, -0.25) is 4.79 Å². The van der Waals surface area contributed by atoms with Crippen LogP contribution in [0.25, 0.3) is 6.08 Å². The number of furan rings is 1. The van der Waals surface area contributed by atoms with Crippen molar-refractivity contribution < 1.29 is 9.21 Å². The molecule has 2 N–H and O–H groups in total. The van der Waals surface area contributed by atoms with Crippen LogP contribution in [0.1, 0.15) is 17.2 Å². The first kappa shape index (κ1) is 11.2. The smallest absolute Gasteiger partial charge is 0.244 e. The van der Waals surface area contributed by atoms with Crippen LogP contribution < -0.4 is 5.32 Å². The second kappa shape index (κ2) is 5.16. The summed E-state index contributed by atoms with van der Waals surface area (Å²) in [6.45, 7) is 2.29. The minimum absolute atomic E-state index is 0.173. The highest BCUT2D eigenvalue weighted by Crippen LogP contribution is 2.07. The fraction of sp³-hybridized carbons (Fsp3) is 0.167. The molecule has 0 aliphatic rings. The Hall–Kier alpha value is -2.30. The lowest BCUT2D eigenvalue weighted by Crippen LogP contribution is -2.20. The molecule has 2 aromatic heterocycles. The molecule has 0 atom stereocenters. The molecule has 17 heavy (non-hydrogen) atoms. The zero-order valence-corrected chi connectivity index (χ0v) is 9.43. The van der Waals surface area contributed by atoms with Crippen LogP contribution in [0, 0.1) is 6.92 Å². The molecule has 0 unspecified atom stereocenters. The highest BCUT2D eigenvalue weighted by atomic mass is 16.3. The first-order valence-corrected chi connectivity index (χ1v) is 5.23. The maximum atomic E-state index is 11.4. The summed E-state index contributed by atoms with van der Waals surface area (Å²) in [5.74, 6) is 1.32. The number of aromatic amines is 1. The normalized spacial score (nSPS) is 10.9. The van der Waals surface area contributed by atoms with Crippen molar-refractivity contribution in [3.63, 3.8) is 0 Å². The highest BCUT2D eigenvalue weighted by molar-refractivity contribution is 5.91. The maximum absolute atomic E-state index is 11.4. The molecule has 2 rings (SSSR count). The molecule has 0 saturated carbocycles. The molecule has 2 aromatic rings. The first-order valence-electron chi connectivity index (χ1n) is 5.23. The molecule has 0 spiro atoms. The van der Waals surface area contributed by atoms with Gasteiger partial charge in [-0.2, -0.15) is 0 Å². The number of hydrogen-bond donors (Lipinski definition) is 2. The number of nitrogens with zero attached hydrogens (tertiary/aromatic N) is 1. The van der Waals surface area contributed by atoms with Crippen molar-refractivity contribution in [2.24, 2.45) is 0 Å². The minimum Gasteiger partial charge on any atom is -0.462 e. The summed E-state index contributed by atoms with van der Waals surface area (Å²) in [7, 11) is 0. The van der Waals surface area contributed by atoms with E-state index in [1.807, 2.05) is 19.1 Å². The minimum atomic E-state index is -0.173. The average molecular weight is 231 g/mol. The predicted octanol–water partition coefficient (Wildman–Crippen LogP) is 1.64. The third kappa shape index (κ3) is 3.34. The zero-order chi connectivity index (χ0) is 12.1. The van der Waals surface area contributed by atoms with Gasteiger partial charge in [-0.15, -0.1) is 0 Å². The summed E-state index contributed by atoms with van der Waals surface area (Å²) < 4.78 is 5.30. The molecule has 0 aromatic carbocycles. The summed E-state index contributed by atoms with van der Waals surface area (Å²) in [5.41, 5.74) is 0.862. The fourth-order valence-corrected chi connectivity index (χ4v) is 1.32. The monoisotopic (exact) mass is 231 g/mol. The van der Waals surface area contributed by atoms with Crippen molar-refractivity contribution in [2.45, 2.75) is 13.5 Å². The summed E-state index contributed by atoms with van der Waals surface area (Å²) in [6.07, 6.45) is 6.31. The Morgan fingerprint density at radius 3 is 3.12 bits per heavy atom. The number of nitrogens with one attached hydrogen (secondary N) is 2. The van der Waals surface area contributed by atoms with Crippen molar-refractivity contribution in [3.8, 4) is 0 Å². The van der Waals surface area contributed by atoms with Gasteiger partial charge in [0, 0.05) is 12.3 Å². The molecule has 0 fully saturated rings. The van der Waals surface area contributed by atoms with Crippen LogP contribution in [-0.4, -0.2) is 15.9 Å². The van der Waals surface area contributed by atoms with Gasteiger partial charge in [0.15, 0.2) is 0 Å². The number of hydrogen-bond acceptors (Lipinski definition) is 3. The number of H-pyrrole nitrogens is 1. The quantitative estimate of drug-likeness (QED) is 0.786. The molecular formula is C12H13N3O2. The number of aryl methyl sites for hydroxylation is 1. The van der Waals surface area contributed by atoms with E-state index in [2.05, 4.69) is 15.3 Å². The molecule has 2 heterocycles. The number of amides is 1. The Labute approximate surface area is 98.6 Å². The van der Waals surface area contributed by atoms with Crippen LogP contribution in [-0.2, 0) is 11.3 Å². The van der Waals surface area contributed by atoms with Crippen LogP contribution in [0.15, 0.2) is 35.2 Å². The van der Waals surface area contributed by atoms with Crippen molar-refractivity contribution >= 4 is 12.0 Å². The number of aromatic nitrogens is 2. The fourth-order valence-electron chi connectivity index (χ4n) is 1.32. The lowest BCUT2D eigenvalue weighted by molar-refractivity contribution is -0.116. The van der Waals surface area contributed by atoms with E-state index in [0.29, 0.717) is 12.3 Å². The summed E-state index contributed by atoms with van der Waals surface area (Å²) >= 11 is 0. The van der Waals surface area contributed by atoms with E-state index in [0.717, 1.165) is 11.5 Å². The van der Waals surface area contributed by atoms with Crippen molar-refractivity contribution in [2.75, 3.05) is 0 Å². The van der Waals surface area contributed by atoms with Crippen LogP contribution in [0.3, 0.4) is 0 Å². The zero-order valence-electron chi connectivity index (χ0n) is 9.43. The molecule has 5 nitrogen and oxygen atoms in total.